The SMILES string of the molecule is Cn1ncc2ccc(B3OC(C)(C)C(C)(C)O3)c(Cl)c21. The third kappa shape index (κ3) is 1.88. The number of aromatic nitrogens is 2. The van der Waals surface area contributed by atoms with Crippen LogP contribution in [0.4, 0.5) is 0 Å². The second-order valence-electron chi connectivity index (χ2n) is 6.26. The minimum Gasteiger partial charge on any atom is -0.399 e. The molecule has 0 bridgehead atoms. The first-order chi connectivity index (χ1) is 9.23. The summed E-state index contributed by atoms with van der Waals surface area (Å²) >= 11 is 6.53. The number of aryl methyl sites for hydroxylation is 1. The van der Waals surface area contributed by atoms with Crippen molar-refractivity contribution in [2.24, 2.45) is 7.05 Å². The van der Waals surface area contributed by atoms with Gasteiger partial charge in [0.25, 0.3) is 0 Å². The van der Waals surface area contributed by atoms with Gasteiger partial charge in [-0.25, -0.2) is 0 Å². The lowest BCUT2D eigenvalue weighted by molar-refractivity contribution is 0.00578. The lowest BCUT2D eigenvalue weighted by Gasteiger charge is -2.32. The summed E-state index contributed by atoms with van der Waals surface area (Å²) in [5.41, 5.74) is 1.01. The highest BCUT2D eigenvalue weighted by Crippen LogP contribution is 2.37. The van der Waals surface area contributed by atoms with Crippen molar-refractivity contribution in [1.29, 1.82) is 0 Å². The normalized spacial score (nSPS) is 20.8. The first-order valence-corrected chi connectivity index (χ1v) is 7.06. The molecule has 3 rings (SSSR count). The number of hydrogen-bond acceptors (Lipinski definition) is 3. The fourth-order valence-electron chi connectivity index (χ4n) is 2.39. The molecule has 0 atom stereocenters. The van der Waals surface area contributed by atoms with Gasteiger partial charge in [0.05, 0.1) is 27.9 Å². The van der Waals surface area contributed by atoms with Gasteiger partial charge in [0.1, 0.15) is 0 Å². The fourth-order valence-corrected chi connectivity index (χ4v) is 2.77. The molecule has 0 aliphatic carbocycles. The van der Waals surface area contributed by atoms with Crippen LogP contribution in [0.5, 0.6) is 0 Å². The van der Waals surface area contributed by atoms with E-state index in [4.69, 9.17) is 20.9 Å². The van der Waals surface area contributed by atoms with E-state index in [9.17, 15) is 0 Å². The quantitative estimate of drug-likeness (QED) is 0.758. The van der Waals surface area contributed by atoms with Crippen LogP contribution < -0.4 is 5.46 Å². The third-order valence-corrected chi connectivity index (χ3v) is 4.78. The van der Waals surface area contributed by atoms with Crippen LogP contribution in [-0.4, -0.2) is 28.1 Å². The molecule has 20 heavy (non-hydrogen) atoms. The van der Waals surface area contributed by atoms with E-state index < -0.39 is 7.12 Å². The maximum atomic E-state index is 6.53. The fraction of sp³-hybridized carbons (Fsp3) is 0.500. The number of nitrogens with zero attached hydrogens (tertiary/aromatic N) is 2. The maximum absolute atomic E-state index is 6.53. The summed E-state index contributed by atoms with van der Waals surface area (Å²) in [4.78, 5) is 0. The molecule has 106 valence electrons. The highest BCUT2D eigenvalue weighted by atomic mass is 35.5. The van der Waals surface area contributed by atoms with Crippen molar-refractivity contribution in [3.8, 4) is 0 Å². The van der Waals surface area contributed by atoms with E-state index in [-0.39, 0.29) is 11.2 Å². The van der Waals surface area contributed by atoms with E-state index in [0.717, 1.165) is 16.4 Å². The Morgan fingerprint density at radius 1 is 1.15 bits per heavy atom. The van der Waals surface area contributed by atoms with Gasteiger partial charge in [0.2, 0.25) is 0 Å². The average molecular weight is 293 g/mol. The maximum Gasteiger partial charge on any atom is 0.496 e. The van der Waals surface area contributed by atoms with Crippen LogP contribution in [-0.2, 0) is 16.4 Å². The molecule has 0 radical (unpaired) electrons. The predicted octanol–water partition coefficient (Wildman–Crippen LogP) is 2.53. The first-order valence-electron chi connectivity index (χ1n) is 6.69. The number of hydrogen-bond donors (Lipinski definition) is 0. The van der Waals surface area contributed by atoms with Gasteiger partial charge in [0.15, 0.2) is 0 Å². The molecular weight excluding hydrogens is 274 g/mol. The van der Waals surface area contributed by atoms with Gasteiger partial charge in [-0.3, -0.25) is 4.68 Å². The van der Waals surface area contributed by atoms with Crippen molar-refractivity contribution in [3.05, 3.63) is 23.4 Å². The van der Waals surface area contributed by atoms with Crippen LogP contribution >= 0.6 is 11.6 Å². The first kappa shape index (κ1) is 13.9. The topological polar surface area (TPSA) is 36.3 Å². The summed E-state index contributed by atoms with van der Waals surface area (Å²) < 4.78 is 13.9. The average Bonchev–Trinajstić information content (AvgIpc) is 2.79. The summed E-state index contributed by atoms with van der Waals surface area (Å²) in [5.74, 6) is 0. The van der Waals surface area contributed by atoms with Gasteiger partial charge in [-0.05, 0) is 27.7 Å². The van der Waals surface area contributed by atoms with Crippen LogP contribution in [0.3, 0.4) is 0 Å². The van der Waals surface area contributed by atoms with Crippen molar-refractivity contribution in [3.63, 3.8) is 0 Å². The molecule has 1 aromatic carbocycles. The molecule has 6 heteroatoms. The van der Waals surface area contributed by atoms with E-state index in [0.29, 0.717) is 5.02 Å². The zero-order chi connectivity index (χ0) is 14.7. The van der Waals surface area contributed by atoms with Crippen LogP contribution in [0, 0.1) is 0 Å². The Balaban J connectivity index is 2.08. The second-order valence-corrected chi connectivity index (χ2v) is 6.64. The van der Waals surface area contributed by atoms with Crippen molar-refractivity contribution < 1.29 is 9.31 Å². The number of halogens is 1. The summed E-state index contributed by atoms with van der Waals surface area (Å²) in [7, 11) is 1.43. The molecule has 2 aromatic rings. The van der Waals surface area contributed by atoms with E-state index >= 15 is 0 Å². The largest absolute Gasteiger partial charge is 0.496 e. The molecule has 1 aliphatic heterocycles. The molecule has 1 saturated heterocycles. The lowest BCUT2D eigenvalue weighted by Crippen LogP contribution is -2.41. The van der Waals surface area contributed by atoms with Gasteiger partial charge in [-0.2, -0.15) is 5.10 Å². The van der Waals surface area contributed by atoms with E-state index in [2.05, 4.69) is 5.10 Å². The monoisotopic (exact) mass is 292 g/mol. The van der Waals surface area contributed by atoms with E-state index in [1.165, 1.54) is 0 Å². The Labute approximate surface area is 124 Å². The Morgan fingerprint density at radius 3 is 2.35 bits per heavy atom. The molecule has 0 unspecified atom stereocenters. The number of benzene rings is 1. The van der Waals surface area contributed by atoms with Gasteiger partial charge in [-0.15, -0.1) is 0 Å². The van der Waals surface area contributed by atoms with Crippen LogP contribution in [0.25, 0.3) is 10.9 Å². The zero-order valence-electron chi connectivity index (χ0n) is 12.4. The Kier molecular flexibility index (Phi) is 2.94. The second kappa shape index (κ2) is 4.23. The number of rotatable bonds is 1. The summed E-state index contributed by atoms with van der Waals surface area (Å²) in [6.07, 6.45) is 1.80. The van der Waals surface area contributed by atoms with Gasteiger partial charge in [-0.1, -0.05) is 23.7 Å². The predicted molar refractivity (Wildman–Crippen MR) is 81.4 cm³/mol. The molecule has 1 fully saturated rings. The van der Waals surface area contributed by atoms with Crippen molar-refractivity contribution >= 4 is 35.1 Å². The van der Waals surface area contributed by atoms with Crippen LogP contribution in [0.2, 0.25) is 5.02 Å². The summed E-state index contributed by atoms with van der Waals surface area (Å²) in [6, 6.07) is 3.95. The van der Waals surface area contributed by atoms with Gasteiger partial charge >= 0.3 is 7.12 Å². The third-order valence-electron chi connectivity index (χ3n) is 4.38. The summed E-state index contributed by atoms with van der Waals surface area (Å²) in [6.45, 7) is 8.13. The highest BCUT2D eigenvalue weighted by Gasteiger charge is 2.52. The minimum atomic E-state index is -0.452. The molecule has 1 aromatic heterocycles. The van der Waals surface area contributed by atoms with E-state index in [1.54, 1.807) is 10.9 Å². The zero-order valence-corrected chi connectivity index (χ0v) is 13.2. The van der Waals surface area contributed by atoms with Gasteiger partial charge < -0.3 is 9.31 Å². The van der Waals surface area contributed by atoms with Gasteiger partial charge in [0, 0.05) is 17.9 Å². The van der Waals surface area contributed by atoms with Crippen LogP contribution in [0.1, 0.15) is 27.7 Å². The van der Waals surface area contributed by atoms with Crippen molar-refractivity contribution in [2.45, 2.75) is 38.9 Å². The molecule has 4 nitrogen and oxygen atoms in total. The molecular formula is C14H18BClN2O2. The standard InChI is InChI=1S/C14H18BClN2O2/c1-13(2)14(3,4)20-15(19-13)10-7-6-9-8-17-18(5)12(9)11(10)16/h6-8H,1-5H3. The van der Waals surface area contributed by atoms with Crippen LogP contribution in [0.15, 0.2) is 18.3 Å². The molecule has 2 heterocycles. The molecule has 0 saturated carbocycles. The highest BCUT2D eigenvalue weighted by molar-refractivity contribution is 6.66. The molecule has 0 spiro atoms. The Hall–Kier alpha value is -1.04. The minimum absolute atomic E-state index is 0.373. The number of fused-ring (bicyclic) bond motifs is 1. The van der Waals surface area contributed by atoms with E-state index in [1.807, 2.05) is 46.9 Å². The summed E-state index contributed by atoms with van der Waals surface area (Å²) in [5, 5.41) is 5.88. The smallest absolute Gasteiger partial charge is 0.399 e. The molecule has 0 amide bonds. The molecule has 1 aliphatic rings. The Bertz CT molecular complexity index is 665. The molecule has 0 N–H and O–H groups in total. The van der Waals surface area contributed by atoms with Crippen molar-refractivity contribution in [1.82, 2.24) is 9.78 Å². The van der Waals surface area contributed by atoms with Crippen molar-refractivity contribution in [2.75, 3.05) is 0 Å². The lowest BCUT2D eigenvalue weighted by atomic mass is 9.78. The Morgan fingerprint density at radius 2 is 1.75 bits per heavy atom.